The number of furan rings is 1. The maximum absolute atomic E-state index is 5.65. The fraction of sp³-hybridized carbons (Fsp3) is 0.476. The maximum atomic E-state index is 5.65. The van der Waals surface area contributed by atoms with Crippen LogP contribution in [-0.4, -0.2) is 51.2 Å². The minimum Gasteiger partial charge on any atom is -0.497 e. The summed E-state index contributed by atoms with van der Waals surface area (Å²) in [7, 11) is 3.47. The zero-order chi connectivity index (χ0) is 19.5. The van der Waals surface area contributed by atoms with Gasteiger partial charge in [-0.1, -0.05) is 26.0 Å². The molecule has 7 heteroatoms. The Kier molecular flexibility index (Phi) is 11.7. The van der Waals surface area contributed by atoms with Crippen molar-refractivity contribution in [3.63, 3.8) is 0 Å². The van der Waals surface area contributed by atoms with Gasteiger partial charge in [-0.05, 0) is 49.3 Å². The van der Waals surface area contributed by atoms with Crippen molar-refractivity contribution in [1.82, 2.24) is 15.5 Å². The van der Waals surface area contributed by atoms with E-state index in [2.05, 4.69) is 46.5 Å². The number of guanidine groups is 1. The maximum Gasteiger partial charge on any atom is 0.191 e. The minimum atomic E-state index is 0. The highest BCUT2D eigenvalue weighted by Crippen LogP contribution is 2.20. The molecule has 0 aliphatic heterocycles. The summed E-state index contributed by atoms with van der Waals surface area (Å²) < 4.78 is 10.8. The van der Waals surface area contributed by atoms with Crippen molar-refractivity contribution in [3.05, 3.63) is 54.0 Å². The molecule has 1 aromatic carbocycles. The number of nitrogens with zero attached hydrogens (tertiary/aromatic N) is 2. The average Bonchev–Trinajstić information content (AvgIpc) is 3.24. The lowest BCUT2D eigenvalue weighted by atomic mass is 10.1. The summed E-state index contributed by atoms with van der Waals surface area (Å²) in [6.07, 6.45) is 2.65. The first-order valence-corrected chi connectivity index (χ1v) is 9.56. The second-order valence-electron chi connectivity index (χ2n) is 6.23. The summed E-state index contributed by atoms with van der Waals surface area (Å²) in [6.45, 7) is 7.81. The van der Waals surface area contributed by atoms with Crippen LogP contribution in [0.1, 0.15) is 31.2 Å². The molecule has 0 aliphatic rings. The molecule has 0 aliphatic carbocycles. The summed E-state index contributed by atoms with van der Waals surface area (Å²) >= 11 is 0. The van der Waals surface area contributed by atoms with Crippen LogP contribution in [0.15, 0.2) is 52.1 Å². The number of likely N-dealkylation sites (N-methyl/N-ethyl adjacent to an activating group) is 1. The zero-order valence-electron chi connectivity index (χ0n) is 17.3. The van der Waals surface area contributed by atoms with E-state index in [0.29, 0.717) is 0 Å². The summed E-state index contributed by atoms with van der Waals surface area (Å²) in [5.74, 6) is 2.65. The van der Waals surface area contributed by atoms with Crippen LogP contribution in [0.4, 0.5) is 0 Å². The molecule has 2 aromatic rings. The molecule has 6 nitrogen and oxygen atoms in total. The zero-order valence-corrected chi connectivity index (χ0v) is 19.6. The van der Waals surface area contributed by atoms with Crippen molar-refractivity contribution in [2.75, 3.05) is 40.3 Å². The molecule has 28 heavy (non-hydrogen) atoms. The van der Waals surface area contributed by atoms with Crippen molar-refractivity contribution >= 4 is 29.9 Å². The number of nitrogens with one attached hydrogen (secondary N) is 2. The number of aliphatic imine (C=N–C) groups is 1. The number of methoxy groups -OCH3 is 1. The first kappa shape index (κ1) is 24.3. The summed E-state index contributed by atoms with van der Waals surface area (Å²) in [6, 6.07) is 12.3. The molecule has 2 rings (SSSR count). The Morgan fingerprint density at radius 3 is 2.39 bits per heavy atom. The summed E-state index contributed by atoms with van der Waals surface area (Å²) in [4.78, 5) is 6.71. The molecule has 0 bridgehead atoms. The van der Waals surface area contributed by atoms with E-state index in [4.69, 9.17) is 9.15 Å². The Hall–Kier alpha value is -1.74. The highest BCUT2D eigenvalue weighted by Gasteiger charge is 2.20. The van der Waals surface area contributed by atoms with E-state index in [9.17, 15) is 0 Å². The topological polar surface area (TPSA) is 62.0 Å². The third-order valence-electron chi connectivity index (χ3n) is 4.68. The number of ether oxygens (including phenoxy) is 1. The SMILES string of the molecule is CCN(CC)C(CNC(=NC)NCCc1ccc(OC)cc1)c1ccco1.I. The van der Waals surface area contributed by atoms with Gasteiger partial charge in [0.05, 0.1) is 19.4 Å². The third kappa shape index (κ3) is 7.35. The largest absolute Gasteiger partial charge is 0.497 e. The number of hydrogen-bond acceptors (Lipinski definition) is 4. The van der Waals surface area contributed by atoms with E-state index in [0.717, 1.165) is 50.1 Å². The van der Waals surface area contributed by atoms with E-state index in [-0.39, 0.29) is 30.0 Å². The van der Waals surface area contributed by atoms with Crippen LogP contribution < -0.4 is 15.4 Å². The van der Waals surface area contributed by atoms with Crippen LogP contribution in [0, 0.1) is 0 Å². The van der Waals surface area contributed by atoms with Gasteiger partial charge >= 0.3 is 0 Å². The van der Waals surface area contributed by atoms with Crippen LogP contribution in [0.2, 0.25) is 0 Å². The average molecular weight is 500 g/mol. The summed E-state index contributed by atoms with van der Waals surface area (Å²) in [5, 5.41) is 6.81. The van der Waals surface area contributed by atoms with Crippen molar-refractivity contribution in [2.45, 2.75) is 26.3 Å². The van der Waals surface area contributed by atoms with Crippen LogP contribution in [0.5, 0.6) is 5.75 Å². The molecule has 156 valence electrons. The lowest BCUT2D eigenvalue weighted by Crippen LogP contribution is -2.43. The molecule has 0 radical (unpaired) electrons. The van der Waals surface area contributed by atoms with Gasteiger partial charge < -0.3 is 19.8 Å². The monoisotopic (exact) mass is 500 g/mol. The van der Waals surface area contributed by atoms with Crippen LogP contribution in [0.3, 0.4) is 0 Å². The number of halogens is 1. The van der Waals surface area contributed by atoms with Gasteiger partial charge in [0.25, 0.3) is 0 Å². The molecule has 0 fully saturated rings. The molecule has 0 saturated heterocycles. The van der Waals surface area contributed by atoms with Crippen molar-refractivity contribution in [1.29, 1.82) is 0 Å². The lowest BCUT2D eigenvalue weighted by molar-refractivity contribution is 0.193. The highest BCUT2D eigenvalue weighted by atomic mass is 127. The fourth-order valence-corrected chi connectivity index (χ4v) is 3.09. The first-order chi connectivity index (χ1) is 13.2. The fourth-order valence-electron chi connectivity index (χ4n) is 3.09. The first-order valence-electron chi connectivity index (χ1n) is 9.56. The van der Waals surface area contributed by atoms with E-state index in [1.54, 1.807) is 20.4 Å². The number of hydrogen-bond donors (Lipinski definition) is 2. The van der Waals surface area contributed by atoms with Crippen molar-refractivity contribution < 1.29 is 9.15 Å². The van der Waals surface area contributed by atoms with Crippen molar-refractivity contribution in [2.24, 2.45) is 4.99 Å². The van der Waals surface area contributed by atoms with E-state index >= 15 is 0 Å². The normalized spacial score (nSPS) is 12.4. The minimum absolute atomic E-state index is 0. The Morgan fingerprint density at radius 1 is 1.14 bits per heavy atom. The Bertz CT molecular complexity index is 670. The number of benzene rings is 1. The smallest absolute Gasteiger partial charge is 0.191 e. The number of rotatable bonds is 10. The van der Waals surface area contributed by atoms with Gasteiger partial charge in [0, 0.05) is 20.1 Å². The van der Waals surface area contributed by atoms with Gasteiger partial charge in [0.2, 0.25) is 0 Å². The molecule has 0 saturated carbocycles. The predicted octanol–water partition coefficient (Wildman–Crippen LogP) is 3.70. The van der Waals surface area contributed by atoms with Crippen LogP contribution >= 0.6 is 24.0 Å². The summed E-state index contributed by atoms with van der Waals surface area (Å²) in [5.41, 5.74) is 1.26. The molecular weight excluding hydrogens is 467 g/mol. The molecule has 2 N–H and O–H groups in total. The van der Waals surface area contributed by atoms with Gasteiger partial charge in [-0.2, -0.15) is 0 Å². The van der Waals surface area contributed by atoms with Gasteiger partial charge in [0.15, 0.2) is 5.96 Å². The van der Waals surface area contributed by atoms with Gasteiger partial charge in [-0.25, -0.2) is 0 Å². The molecule has 0 amide bonds. The second kappa shape index (κ2) is 13.4. The molecule has 1 atom stereocenters. The van der Waals surface area contributed by atoms with Crippen molar-refractivity contribution in [3.8, 4) is 5.75 Å². The molecular formula is C21H33IN4O2. The molecule has 1 unspecified atom stereocenters. The van der Waals surface area contributed by atoms with Crippen LogP contribution in [-0.2, 0) is 6.42 Å². The highest BCUT2D eigenvalue weighted by molar-refractivity contribution is 14.0. The van der Waals surface area contributed by atoms with E-state index in [1.807, 2.05) is 24.3 Å². The quantitative estimate of drug-likeness (QED) is 0.296. The predicted molar refractivity (Wildman–Crippen MR) is 126 cm³/mol. The van der Waals surface area contributed by atoms with Crippen LogP contribution in [0.25, 0.3) is 0 Å². The Morgan fingerprint density at radius 2 is 1.86 bits per heavy atom. The Labute approximate surface area is 185 Å². The third-order valence-corrected chi connectivity index (χ3v) is 4.68. The Balaban J connectivity index is 0.00000392. The second-order valence-corrected chi connectivity index (χ2v) is 6.23. The van der Waals surface area contributed by atoms with Gasteiger partial charge in [-0.3, -0.25) is 9.89 Å². The standard InChI is InChI=1S/C21H32N4O2.HI/c1-5-25(6-2)19(20-8-7-15-27-20)16-24-21(22-3)23-14-13-17-9-11-18(26-4)12-10-17;/h7-12,15,19H,5-6,13-14,16H2,1-4H3,(H2,22,23,24);1H. The molecule has 0 spiro atoms. The van der Waals surface area contributed by atoms with E-state index in [1.165, 1.54) is 5.56 Å². The molecule has 1 heterocycles. The lowest BCUT2D eigenvalue weighted by Gasteiger charge is -2.28. The van der Waals surface area contributed by atoms with Gasteiger partial charge in [0.1, 0.15) is 11.5 Å². The van der Waals surface area contributed by atoms with E-state index < -0.39 is 0 Å². The van der Waals surface area contributed by atoms with Gasteiger partial charge in [-0.15, -0.1) is 24.0 Å². The molecule has 1 aromatic heterocycles.